The van der Waals surface area contributed by atoms with Crippen LogP contribution in [0.15, 0.2) is 35.2 Å². The van der Waals surface area contributed by atoms with E-state index in [1.54, 1.807) is 11.8 Å². The van der Waals surface area contributed by atoms with E-state index < -0.39 is 0 Å². The second-order valence-electron chi connectivity index (χ2n) is 5.26. The molecule has 1 saturated carbocycles. The van der Waals surface area contributed by atoms with Gasteiger partial charge in [0.25, 0.3) is 0 Å². The molecule has 0 unspecified atom stereocenters. The quantitative estimate of drug-likeness (QED) is 0.525. The summed E-state index contributed by atoms with van der Waals surface area (Å²) in [6, 6.07) is 9.73. The number of hydrogen-bond acceptors (Lipinski definition) is 3. The van der Waals surface area contributed by atoms with Crippen molar-refractivity contribution in [3.05, 3.63) is 52.0 Å². The summed E-state index contributed by atoms with van der Waals surface area (Å²) >= 11 is 13.7. The molecule has 0 bridgehead atoms. The van der Waals surface area contributed by atoms with Crippen LogP contribution in [-0.2, 0) is 5.75 Å². The van der Waals surface area contributed by atoms with E-state index in [2.05, 4.69) is 4.98 Å². The predicted octanol–water partition coefficient (Wildman–Crippen LogP) is 5.73. The van der Waals surface area contributed by atoms with Gasteiger partial charge in [-0.1, -0.05) is 36.0 Å². The molecule has 1 aliphatic rings. The van der Waals surface area contributed by atoms with Gasteiger partial charge >= 0.3 is 0 Å². The summed E-state index contributed by atoms with van der Waals surface area (Å²) < 4.78 is 0. The second-order valence-corrected chi connectivity index (χ2v) is 7.13. The van der Waals surface area contributed by atoms with Gasteiger partial charge in [0, 0.05) is 21.5 Å². The Balaban J connectivity index is 1.71. The SMILES string of the molecule is Clc1ccc(SCc2nc(Cl)cc(C3CCCC3)n2)cc1. The van der Waals surface area contributed by atoms with E-state index in [0.717, 1.165) is 27.2 Å². The van der Waals surface area contributed by atoms with Crippen LogP contribution < -0.4 is 0 Å². The first-order chi connectivity index (χ1) is 10.2. The summed E-state index contributed by atoms with van der Waals surface area (Å²) in [5.41, 5.74) is 1.11. The smallest absolute Gasteiger partial charge is 0.140 e. The number of hydrogen-bond donors (Lipinski definition) is 0. The highest BCUT2D eigenvalue weighted by atomic mass is 35.5. The highest BCUT2D eigenvalue weighted by molar-refractivity contribution is 7.98. The zero-order valence-electron chi connectivity index (χ0n) is 11.6. The van der Waals surface area contributed by atoms with Gasteiger partial charge in [0.2, 0.25) is 0 Å². The summed E-state index contributed by atoms with van der Waals surface area (Å²) in [5.74, 6) is 2.09. The van der Waals surface area contributed by atoms with Gasteiger partial charge in [0.05, 0.1) is 5.75 Å². The van der Waals surface area contributed by atoms with Crippen LogP contribution in [0.5, 0.6) is 0 Å². The molecule has 1 aliphatic carbocycles. The number of nitrogens with zero attached hydrogens (tertiary/aromatic N) is 2. The van der Waals surface area contributed by atoms with Crippen molar-refractivity contribution < 1.29 is 0 Å². The third-order valence-corrected chi connectivity index (χ3v) is 5.17. The molecule has 0 saturated heterocycles. The molecule has 0 N–H and O–H groups in total. The maximum atomic E-state index is 6.15. The van der Waals surface area contributed by atoms with E-state index in [1.807, 2.05) is 30.3 Å². The molecule has 3 rings (SSSR count). The number of halogens is 2. The van der Waals surface area contributed by atoms with Crippen LogP contribution in [0, 0.1) is 0 Å². The first-order valence-corrected chi connectivity index (χ1v) is 8.86. The van der Waals surface area contributed by atoms with E-state index in [4.69, 9.17) is 28.2 Å². The number of rotatable bonds is 4. The minimum Gasteiger partial charge on any atom is -0.237 e. The largest absolute Gasteiger partial charge is 0.237 e. The van der Waals surface area contributed by atoms with Crippen LogP contribution in [0.4, 0.5) is 0 Å². The van der Waals surface area contributed by atoms with Crippen molar-refractivity contribution in [2.45, 2.75) is 42.2 Å². The van der Waals surface area contributed by atoms with Crippen LogP contribution in [-0.4, -0.2) is 9.97 Å². The van der Waals surface area contributed by atoms with Crippen LogP contribution in [0.25, 0.3) is 0 Å². The molecule has 110 valence electrons. The maximum Gasteiger partial charge on any atom is 0.140 e. The normalized spacial score (nSPS) is 15.5. The average molecular weight is 339 g/mol. The Bertz CT molecular complexity index is 610. The first-order valence-electron chi connectivity index (χ1n) is 7.12. The number of benzene rings is 1. The van der Waals surface area contributed by atoms with E-state index in [-0.39, 0.29) is 0 Å². The molecular formula is C16H16Cl2N2S. The van der Waals surface area contributed by atoms with Crippen LogP contribution in [0.3, 0.4) is 0 Å². The number of thioether (sulfide) groups is 1. The highest BCUT2D eigenvalue weighted by Crippen LogP contribution is 2.34. The molecule has 2 aromatic rings. The Morgan fingerprint density at radius 3 is 2.48 bits per heavy atom. The zero-order chi connectivity index (χ0) is 14.7. The molecule has 0 radical (unpaired) electrons. The van der Waals surface area contributed by atoms with Crippen molar-refractivity contribution in [2.75, 3.05) is 0 Å². The Hall–Kier alpha value is -0.770. The summed E-state index contributed by atoms with van der Waals surface area (Å²) in [6.45, 7) is 0. The summed E-state index contributed by atoms with van der Waals surface area (Å²) in [7, 11) is 0. The zero-order valence-corrected chi connectivity index (χ0v) is 13.9. The summed E-state index contributed by atoms with van der Waals surface area (Å²) in [4.78, 5) is 10.2. The first kappa shape index (κ1) is 15.1. The molecule has 21 heavy (non-hydrogen) atoms. The monoisotopic (exact) mass is 338 g/mol. The molecule has 5 heteroatoms. The van der Waals surface area contributed by atoms with Gasteiger partial charge in [0.15, 0.2) is 0 Å². The average Bonchev–Trinajstić information content (AvgIpc) is 3.00. The van der Waals surface area contributed by atoms with Crippen LogP contribution >= 0.6 is 35.0 Å². The fourth-order valence-electron chi connectivity index (χ4n) is 2.66. The minimum atomic E-state index is 0.554. The van der Waals surface area contributed by atoms with Gasteiger partial charge in [-0.2, -0.15) is 0 Å². The minimum absolute atomic E-state index is 0.554. The Kier molecular flexibility index (Phi) is 5.04. The molecule has 1 heterocycles. The van der Waals surface area contributed by atoms with E-state index in [9.17, 15) is 0 Å². The van der Waals surface area contributed by atoms with Crippen LogP contribution in [0.2, 0.25) is 10.2 Å². The van der Waals surface area contributed by atoms with E-state index >= 15 is 0 Å². The lowest BCUT2D eigenvalue weighted by molar-refractivity contribution is 0.688. The highest BCUT2D eigenvalue weighted by Gasteiger charge is 2.19. The topological polar surface area (TPSA) is 25.8 Å². The Morgan fingerprint density at radius 1 is 1.05 bits per heavy atom. The Labute approximate surface area is 139 Å². The van der Waals surface area contributed by atoms with E-state index in [0.29, 0.717) is 11.1 Å². The lowest BCUT2D eigenvalue weighted by atomic mass is 10.0. The second kappa shape index (κ2) is 6.99. The van der Waals surface area contributed by atoms with Gasteiger partial charge in [-0.25, -0.2) is 9.97 Å². The molecule has 2 nitrogen and oxygen atoms in total. The van der Waals surface area contributed by atoms with Gasteiger partial charge in [0.1, 0.15) is 11.0 Å². The van der Waals surface area contributed by atoms with E-state index in [1.165, 1.54) is 25.7 Å². The molecule has 1 aromatic heterocycles. The Morgan fingerprint density at radius 2 is 1.76 bits per heavy atom. The maximum absolute atomic E-state index is 6.15. The van der Waals surface area contributed by atoms with Gasteiger partial charge in [-0.15, -0.1) is 11.8 Å². The van der Waals surface area contributed by atoms with Crippen LogP contribution in [0.1, 0.15) is 43.1 Å². The predicted molar refractivity (Wildman–Crippen MR) is 89.3 cm³/mol. The molecule has 0 amide bonds. The van der Waals surface area contributed by atoms with Crippen molar-refractivity contribution in [3.63, 3.8) is 0 Å². The summed E-state index contributed by atoms with van der Waals surface area (Å²) in [6.07, 6.45) is 5.02. The van der Waals surface area contributed by atoms with Crippen molar-refractivity contribution in [2.24, 2.45) is 0 Å². The fourth-order valence-corrected chi connectivity index (χ4v) is 3.75. The van der Waals surface area contributed by atoms with Crippen molar-refractivity contribution in [1.82, 2.24) is 9.97 Å². The van der Waals surface area contributed by atoms with Crippen molar-refractivity contribution >= 4 is 35.0 Å². The van der Waals surface area contributed by atoms with Crippen molar-refractivity contribution in [1.29, 1.82) is 0 Å². The van der Waals surface area contributed by atoms with Gasteiger partial charge < -0.3 is 0 Å². The third-order valence-electron chi connectivity index (χ3n) is 3.72. The molecule has 0 atom stereocenters. The third kappa shape index (κ3) is 4.12. The standard InChI is InChI=1S/C16H16Cl2N2S/c17-12-5-7-13(8-6-12)21-10-16-19-14(9-15(18)20-16)11-3-1-2-4-11/h5-9,11H,1-4,10H2. The lowest BCUT2D eigenvalue weighted by Crippen LogP contribution is -2.02. The fraction of sp³-hybridized carbons (Fsp3) is 0.375. The number of aromatic nitrogens is 2. The molecule has 0 spiro atoms. The molecule has 1 aromatic carbocycles. The van der Waals surface area contributed by atoms with Gasteiger partial charge in [-0.05, 0) is 43.2 Å². The molecule has 1 fully saturated rings. The lowest BCUT2D eigenvalue weighted by Gasteiger charge is -2.10. The molecule has 0 aliphatic heterocycles. The van der Waals surface area contributed by atoms with Crippen molar-refractivity contribution in [3.8, 4) is 0 Å². The molecular weight excluding hydrogens is 323 g/mol. The van der Waals surface area contributed by atoms with Gasteiger partial charge in [-0.3, -0.25) is 0 Å². The summed E-state index contributed by atoms with van der Waals surface area (Å²) in [5, 5.41) is 1.31.